The molecule has 0 spiro atoms. The number of carbonyl (C=O) groups excluding carboxylic acids is 2. The van der Waals surface area contributed by atoms with Gasteiger partial charge in [-0.15, -0.1) is 10.2 Å². The summed E-state index contributed by atoms with van der Waals surface area (Å²) in [6, 6.07) is 2.94. The molecule has 0 atom stereocenters. The number of fused-ring (bicyclic) bond motifs is 1. The second-order valence-corrected chi connectivity index (χ2v) is 7.90. The molecule has 1 saturated heterocycles. The molecule has 0 unspecified atom stereocenters. The van der Waals surface area contributed by atoms with Crippen LogP contribution in [0.3, 0.4) is 0 Å². The second-order valence-electron chi connectivity index (χ2n) is 7.90. The minimum absolute atomic E-state index is 0.0685. The summed E-state index contributed by atoms with van der Waals surface area (Å²) in [7, 11) is 0. The van der Waals surface area contributed by atoms with E-state index in [1.807, 2.05) is 0 Å². The normalized spacial score (nSPS) is 17.3. The van der Waals surface area contributed by atoms with Gasteiger partial charge in [-0.3, -0.25) is 9.59 Å². The minimum atomic E-state index is -0.868. The third-order valence-electron chi connectivity index (χ3n) is 5.92. The van der Waals surface area contributed by atoms with Crippen LogP contribution in [0.1, 0.15) is 54.1 Å². The van der Waals surface area contributed by atoms with E-state index in [-0.39, 0.29) is 17.4 Å². The Bertz CT molecular complexity index is 937. The standard InChI is InChI=1S/C21H25F2N5O2/c22-15-5-6-16(17(23)12-15)21(30)27-10-7-14(8-11-27)20(29)24-13-19-26-25-18-4-2-1-3-9-28(18)19/h5-6,12,14H,1-4,7-11,13H2,(H,24,29). The maximum atomic E-state index is 13.9. The molecule has 1 aromatic carbocycles. The fourth-order valence-corrected chi connectivity index (χ4v) is 4.16. The fourth-order valence-electron chi connectivity index (χ4n) is 4.16. The van der Waals surface area contributed by atoms with E-state index in [1.54, 1.807) is 0 Å². The van der Waals surface area contributed by atoms with Crippen LogP contribution in [0, 0.1) is 17.6 Å². The first-order valence-electron chi connectivity index (χ1n) is 10.5. The molecule has 2 aliphatic rings. The highest BCUT2D eigenvalue weighted by Gasteiger charge is 2.29. The van der Waals surface area contributed by atoms with E-state index in [1.165, 1.54) is 11.3 Å². The molecule has 4 rings (SSSR count). The Morgan fingerprint density at radius 2 is 1.87 bits per heavy atom. The zero-order chi connectivity index (χ0) is 21.1. The van der Waals surface area contributed by atoms with Crippen molar-refractivity contribution in [1.29, 1.82) is 0 Å². The van der Waals surface area contributed by atoms with Crippen molar-refractivity contribution in [3.8, 4) is 0 Å². The predicted molar refractivity (Wildman–Crippen MR) is 104 cm³/mol. The van der Waals surface area contributed by atoms with Gasteiger partial charge in [0.2, 0.25) is 5.91 Å². The highest BCUT2D eigenvalue weighted by Crippen LogP contribution is 2.21. The molecule has 0 aliphatic carbocycles. The van der Waals surface area contributed by atoms with Crippen LogP contribution in [0.15, 0.2) is 18.2 Å². The molecule has 160 valence electrons. The molecule has 2 amide bonds. The van der Waals surface area contributed by atoms with Crippen molar-refractivity contribution < 1.29 is 18.4 Å². The van der Waals surface area contributed by atoms with E-state index < -0.39 is 17.5 Å². The van der Waals surface area contributed by atoms with Gasteiger partial charge in [-0.2, -0.15) is 0 Å². The lowest BCUT2D eigenvalue weighted by Crippen LogP contribution is -2.43. The van der Waals surface area contributed by atoms with Gasteiger partial charge < -0.3 is 14.8 Å². The van der Waals surface area contributed by atoms with Crippen molar-refractivity contribution in [3.05, 3.63) is 47.0 Å². The Labute approximate surface area is 173 Å². The number of aryl methyl sites for hydroxylation is 1. The van der Waals surface area contributed by atoms with Crippen molar-refractivity contribution >= 4 is 11.8 Å². The molecule has 1 N–H and O–H groups in total. The highest BCUT2D eigenvalue weighted by atomic mass is 19.1. The average Bonchev–Trinajstić information content (AvgIpc) is 2.97. The number of halogens is 2. The molecule has 2 aliphatic heterocycles. The number of carbonyl (C=O) groups is 2. The van der Waals surface area contributed by atoms with E-state index in [2.05, 4.69) is 20.1 Å². The van der Waals surface area contributed by atoms with Gasteiger partial charge in [-0.05, 0) is 37.8 Å². The Hall–Kier alpha value is -2.84. The first-order valence-corrected chi connectivity index (χ1v) is 10.5. The average molecular weight is 417 g/mol. The number of nitrogens with zero attached hydrogens (tertiary/aromatic N) is 4. The predicted octanol–water partition coefficient (Wildman–Crippen LogP) is 2.45. The third-order valence-corrected chi connectivity index (χ3v) is 5.92. The summed E-state index contributed by atoms with van der Waals surface area (Å²) >= 11 is 0. The van der Waals surface area contributed by atoms with E-state index in [0.717, 1.165) is 49.6 Å². The minimum Gasteiger partial charge on any atom is -0.349 e. The molecule has 7 nitrogen and oxygen atoms in total. The number of hydrogen-bond acceptors (Lipinski definition) is 4. The largest absolute Gasteiger partial charge is 0.349 e. The number of likely N-dealkylation sites (tertiary alicyclic amines) is 1. The van der Waals surface area contributed by atoms with Crippen molar-refractivity contribution in [2.45, 2.75) is 51.6 Å². The Morgan fingerprint density at radius 1 is 1.07 bits per heavy atom. The van der Waals surface area contributed by atoms with Crippen LogP contribution in [-0.4, -0.2) is 44.6 Å². The van der Waals surface area contributed by atoms with E-state index >= 15 is 0 Å². The van der Waals surface area contributed by atoms with Crippen molar-refractivity contribution in [2.75, 3.05) is 13.1 Å². The molecule has 0 bridgehead atoms. The molecule has 0 radical (unpaired) electrons. The summed E-state index contributed by atoms with van der Waals surface area (Å²) in [5, 5.41) is 11.4. The van der Waals surface area contributed by atoms with Crippen LogP contribution in [0.5, 0.6) is 0 Å². The van der Waals surface area contributed by atoms with Crippen LogP contribution in [-0.2, 0) is 24.3 Å². The van der Waals surface area contributed by atoms with Crippen LogP contribution in [0.4, 0.5) is 8.78 Å². The molecule has 1 aromatic heterocycles. The summed E-state index contributed by atoms with van der Waals surface area (Å²) in [6.07, 6.45) is 5.30. The first-order chi connectivity index (χ1) is 14.5. The number of piperidine rings is 1. The first kappa shape index (κ1) is 20.4. The van der Waals surface area contributed by atoms with E-state index in [9.17, 15) is 18.4 Å². The van der Waals surface area contributed by atoms with Gasteiger partial charge in [0.15, 0.2) is 5.82 Å². The highest BCUT2D eigenvalue weighted by molar-refractivity contribution is 5.94. The lowest BCUT2D eigenvalue weighted by molar-refractivity contribution is -0.126. The van der Waals surface area contributed by atoms with Gasteiger partial charge in [0.1, 0.15) is 17.5 Å². The summed E-state index contributed by atoms with van der Waals surface area (Å²) in [5.74, 6) is -0.579. The number of nitrogens with one attached hydrogen (secondary N) is 1. The zero-order valence-electron chi connectivity index (χ0n) is 16.7. The number of rotatable bonds is 4. The molecule has 3 heterocycles. The Kier molecular flexibility index (Phi) is 6.06. The van der Waals surface area contributed by atoms with Gasteiger partial charge in [0.25, 0.3) is 5.91 Å². The fraction of sp³-hybridized carbons (Fsp3) is 0.524. The van der Waals surface area contributed by atoms with Crippen LogP contribution < -0.4 is 5.32 Å². The number of hydrogen-bond donors (Lipinski definition) is 1. The molecule has 30 heavy (non-hydrogen) atoms. The maximum absolute atomic E-state index is 13.9. The number of benzene rings is 1. The van der Waals surface area contributed by atoms with Crippen molar-refractivity contribution in [2.24, 2.45) is 5.92 Å². The van der Waals surface area contributed by atoms with Gasteiger partial charge in [-0.1, -0.05) is 6.42 Å². The Balaban J connectivity index is 1.29. The van der Waals surface area contributed by atoms with Crippen LogP contribution >= 0.6 is 0 Å². The second kappa shape index (κ2) is 8.89. The van der Waals surface area contributed by atoms with Crippen molar-refractivity contribution in [3.63, 3.8) is 0 Å². The summed E-state index contributed by atoms with van der Waals surface area (Å²) in [5.41, 5.74) is -0.146. The number of aromatic nitrogens is 3. The van der Waals surface area contributed by atoms with Gasteiger partial charge >= 0.3 is 0 Å². The summed E-state index contributed by atoms with van der Waals surface area (Å²) in [6.45, 7) is 1.93. The van der Waals surface area contributed by atoms with E-state index in [0.29, 0.717) is 38.5 Å². The quantitative estimate of drug-likeness (QED) is 0.829. The molecular formula is C21H25F2N5O2. The SMILES string of the molecule is O=C(NCc1nnc2n1CCCCC2)C1CCN(C(=O)c2ccc(F)cc2F)CC1. The smallest absolute Gasteiger partial charge is 0.256 e. The molecule has 1 fully saturated rings. The number of amides is 2. The van der Waals surface area contributed by atoms with Crippen LogP contribution in [0.2, 0.25) is 0 Å². The summed E-state index contributed by atoms with van der Waals surface area (Å²) < 4.78 is 29.0. The monoisotopic (exact) mass is 417 g/mol. The zero-order valence-corrected chi connectivity index (χ0v) is 16.7. The van der Waals surface area contributed by atoms with Gasteiger partial charge in [-0.25, -0.2) is 8.78 Å². The Morgan fingerprint density at radius 3 is 2.63 bits per heavy atom. The molecular weight excluding hydrogens is 392 g/mol. The summed E-state index contributed by atoms with van der Waals surface area (Å²) in [4.78, 5) is 26.6. The maximum Gasteiger partial charge on any atom is 0.256 e. The third kappa shape index (κ3) is 4.34. The van der Waals surface area contributed by atoms with Gasteiger partial charge in [0, 0.05) is 38.0 Å². The molecule has 0 saturated carbocycles. The lowest BCUT2D eigenvalue weighted by atomic mass is 9.95. The topological polar surface area (TPSA) is 80.1 Å². The van der Waals surface area contributed by atoms with Crippen molar-refractivity contribution in [1.82, 2.24) is 25.0 Å². The molecule has 9 heteroatoms. The molecule has 2 aromatic rings. The lowest BCUT2D eigenvalue weighted by Gasteiger charge is -2.31. The van der Waals surface area contributed by atoms with Gasteiger partial charge in [0.05, 0.1) is 12.1 Å². The van der Waals surface area contributed by atoms with E-state index in [4.69, 9.17) is 0 Å². The van der Waals surface area contributed by atoms with Crippen LogP contribution in [0.25, 0.3) is 0 Å².